The van der Waals surface area contributed by atoms with Crippen LogP contribution >= 0.6 is 0 Å². The third kappa shape index (κ3) is 3.60. The Balaban J connectivity index is 1.83. The summed E-state index contributed by atoms with van der Waals surface area (Å²) < 4.78 is 0. The normalized spacial score (nSPS) is 11.5. The molecule has 3 rings (SSSR count). The van der Waals surface area contributed by atoms with Crippen molar-refractivity contribution in [3.63, 3.8) is 0 Å². The van der Waals surface area contributed by atoms with Crippen molar-refractivity contribution < 1.29 is 4.79 Å². The van der Waals surface area contributed by atoms with E-state index in [2.05, 4.69) is 42.1 Å². The second kappa shape index (κ2) is 6.51. The Hall–Kier alpha value is -2.95. The summed E-state index contributed by atoms with van der Waals surface area (Å²) in [6.07, 6.45) is 0. The molecule has 0 fully saturated rings. The molecular formula is C20H22N4O. The Morgan fingerprint density at radius 2 is 1.60 bits per heavy atom. The second-order valence-corrected chi connectivity index (χ2v) is 7.04. The number of aromatic nitrogens is 2. The lowest BCUT2D eigenvalue weighted by atomic mass is 9.84. The third-order valence-corrected chi connectivity index (χ3v) is 4.08. The smallest absolute Gasteiger partial charge is 0.274 e. The number of nitrogens with zero attached hydrogens (tertiary/aromatic N) is 2. The van der Waals surface area contributed by atoms with Crippen molar-refractivity contribution in [3.05, 3.63) is 65.4 Å². The molecule has 1 aromatic heterocycles. The summed E-state index contributed by atoms with van der Waals surface area (Å²) in [4.78, 5) is 21.2. The van der Waals surface area contributed by atoms with Crippen LogP contribution in [0.1, 0.15) is 42.4 Å². The van der Waals surface area contributed by atoms with Gasteiger partial charge in [0, 0.05) is 6.54 Å². The van der Waals surface area contributed by atoms with E-state index in [4.69, 9.17) is 5.73 Å². The Kier molecular flexibility index (Phi) is 4.40. The van der Waals surface area contributed by atoms with E-state index in [1.54, 1.807) is 0 Å². The zero-order valence-electron chi connectivity index (χ0n) is 14.7. The summed E-state index contributed by atoms with van der Waals surface area (Å²) in [6.45, 7) is 6.88. The minimum absolute atomic E-state index is 0.00308. The minimum atomic E-state index is -0.320. The molecule has 5 nitrogen and oxygen atoms in total. The van der Waals surface area contributed by atoms with E-state index in [1.807, 2.05) is 42.5 Å². The lowest BCUT2D eigenvalue weighted by molar-refractivity contribution is 0.0946. The molecule has 0 aliphatic heterocycles. The van der Waals surface area contributed by atoms with Gasteiger partial charge < -0.3 is 11.1 Å². The zero-order chi connectivity index (χ0) is 18.0. The Morgan fingerprint density at radius 1 is 1.00 bits per heavy atom. The van der Waals surface area contributed by atoms with Crippen LogP contribution in [0, 0.1) is 0 Å². The topological polar surface area (TPSA) is 80.9 Å². The molecular weight excluding hydrogens is 312 g/mol. The standard InChI is InChI=1S/C20H22N4O/c1-20(2,3)14-9-5-4-8-13(14)12-22-19(25)17-18(21)24-16-11-7-6-10-15(16)23-17/h4-11H,12H2,1-3H3,(H2,21,24)(H,22,25). The van der Waals surface area contributed by atoms with Crippen LogP contribution in [0.5, 0.6) is 0 Å². The first-order valence-electron chi connectivity index (χ1n) is 8.25. The van der Waals surface area contributed by atoms with Crippen LogP contribution in [0.4, 0.5) is 5.82 Å². The molecule has 3 aromatic rings. The summed E-state index contributed by atoms with van der Waals surface area (Å²) in [5.74, 6) is -0.181. The van der Waals surface area contributed by atoms with E-state index in [0.717, 1.165) is 5.56 Å². The molecule has 1 heterocycles. The van der Waals surface area contributed by atoms with Gasteiger partial charge >= 0.3 is 0 Å². The van der Waals surface area contributed by atoms with Crippen molar-refractivity contribution in [1.29, 1.82) is 0 Å². The van der Waals surface area contributed by atoms with Gasteiger partial charge in [-0.3, -0.25) is 4.79 Å². The largest absolute Gasteiger partial charge is 0.382 e. The predicted octanol–water partition coefficient (Wildman–Crippen LogP) is 3.44. The summed E-state index contributed by atoms with van der Waals surface area (Å²) >= 11 is 0. The Labute approximate surface area is 147 Å². The van der Waals surface area contributed by atoms with Crippen LogP contribution in [0.25, 0.3) is 11.0 Å². The maximum absolute atomic E-state index is 12.5. The van der Waals surface area contributed by atoms with Gasteiger partial charge in [0.15, 0.2) is 11.5 Å². The van der Waals surface area contributed by atoms with Gasteiger partial charge in [-0.25, -0.2) is 9.97 Å². The molecule has 0 unspecified atom stereocenters. The molecule has 2 aromatic carbocycles. The van der Waals surface area contributed by atoms with Gasteiger partial charge in [-0.1, -0.05) is 57.2 Å². The number of nitrogens with two attached hydrogens (primary N) is 1. The summed E-state index contributed by atoms with van der Waals surface area (Å²) in [6, 6.07) is 15.4. The van der Waals surface area contributed by atoms with E-state index in [9.17, 15) is 4.79 Å². The first-order chi connectivity index (χ1) is 11.9. The molecule has 0 aliphatic rings. The highest BCUT2D eigenvalue weighted by atomic mass is 16.1. The number of rotatable bonds is 3. The number of carbonyl (C=O) groups excluding carboxylic acids is 1. The van der Waals surface area contributed by atoms with Crippen LogP contribution in [0.15, 0.2) is 48.5 Å². The van der Waals surface area contributed by atoms with Gasteiger partial charge in [0.25, 0.3) is 5.91 Å². The fourth-order valence-electron chi connectivity index (χ4n) is 2.85. The molecule has 0 saturated carbocycles. The molecule has 0 saturated heterocycles. The number of nitrogens with one attached hydrogen (secondary N) is 1. The number of amides is 1. The lowest BCUT2D eigenvalue weighted by Gasteiger charge is -2.23. The monoisotopic (exact) mass is 334 g/mol. The first kappa shape index (κ1) is 16.9. The number of fused-ring (bicyclic) bond motifs is 1. The highest BCUT2D eigenvalue weighted by Crippen LogP contribution is 2.25. The molecule has 0 radical (unpaired) electrons. The van der Waals surface area contributed by atoms with Crippen molar-refractivity contribution in [1.82, 2.24) is 15.3 Å². The molecule has 25 heavy (non-hydrogen) atoms. The molecule has 0 atom stereocenters. The van der Waals surface area contributed by atoms with Crippen LogP contribution < -0.4 is 11.1 Å². The van der Waals surface area contributed by atoms with Crippen LogP contribution in [-0.4, -0.2) is 15.9 Å². The average Bonchev–Trinajstić information content (AvgIpc) is 2.58. The second-order valence-electron chi connectivity index (χ2n) is 7.04. The maximum atomic E-state index is 12.5. The van der Waals surface area contributed by atoms with Crippen LogP contribution in [0.2, 0.25) is 0 Å². The van der Waals surface area contributed by atoms with E-state index in [0.29, 0.717) is 17.6 Å². The van der Waals surface area contributed by atoms with Crippen molar-refractivity contribution in [2.24, 2.45) is 0 Å². The molecule has 0 aliphatic carbocycles. The first-order valence-corrected chi connectivity index (χ1v) is 8.25. The Bertz CT molecular complexity index is 928. The molecule has 0 bridgehead atoms. The van der Waals surface area contributed by atoms with Crippen molar-refractivity contribution in [3.8, 4) is 0 Å². The molecule has 128 valence electrons. The number of nitrogen functional groups attached to an aromatic ring is 1. The quantitative estimate of drug-likeness (QED) is 0.769. The van der Waals surface area contributed by atoms with Gasteiger partial charge in [0.05, 0.1) is 11.0 Å². The van der Waals surface area contributed by atoms with E-state index >= 15 is 0 Å². The Morgan fingerprint density at radius 3 is 2.28 bits per heavy atom. The minimum Gasteiger partial charge on any atom is -0.382 e. The number of hydrogen-bond acceptors (Lipinski definition) is 4. The van der Waals surface area contributed by atoms with E-state index < -0.39 is 0 Å². The highest BCUT2D eigenvalue weighted by Gasteiger charge is 2.19. The number of para-hydroxylation sites is 2. The van der Waals surface area contributed by atoms with E-state index in [1.165, 1.54) is 5.56 Å². The van der Waals surface area contributed by atoms with E-state index in [-0.39, 0.29) is 22.8 Å². The van der Waals surface area contributed by atoms with Crippen molar-refractivity contribution in [2.75, 3.05) is 5.73 Å². The van der Waals surface area contributed by atoms with Crippen LogP contribution in [0.3, 0.4) is 0 Å². The van der Waals surface area contributed by atoms with Gasteiger partial charge in [-0.2, -0.15) is 0 Å². The van der Waals surface area contributed by atoms with Gasteiger partial charge in [0.1, 0.15) is 0 Å². The summed E-state index contributed by atoms with van der Waals surface area (Å²) in [7, 11) is 0. The highest BCUT2D eigenvalue weighted by molar-refractivity contribution is 5.98. The van der Waals surface area contributed by atoms with Crippen molar-refractivity contribution in [2.45, 2.75) is 32.7 Å². The fourth-order valence-corrected chi connectivity index (χ4v) is 2.85. The number of anilines is 1. The fraction of sp³-hybridized carbons (Fsp3) is 0.250. The molecule has 3 N–H and O–H groups in total. The average molecular weight is 334 g/mol. The van der Waals surface area contributed by atoms with Gasteiger partial charge in [0.2, 0.25) is 0 Å². The zero-order valence-corrected chi connectivity index (χ0v) is 14.7. The molecule has 5 heteroatoms. The summed E-state index contributed by atoms with van der Waals surface area (Å²) in [5, 5.41) is 2.91. The van der Waals surface area contributed by atoms with Crippen LogP contribution in [-0.2, 0) is 12.0 Å². The lowest BCUT2D eigenvalue weighted by Crippen LogP contribution is -2.27. The molecule has 1 amide bonds. The van der Waals surface area contributed by atoms with Gasteiger partial charge in [-0.05, 0) is 28.7 Å². The van der Waals surface area contributed by atoms with Crippen molar-refractivity contribution >= 4 is 22.8 Å². The van der Waals surface area contributed by atoms with Gasteiger partial charge in [-0.15, -0.1) is 0 Å². The third-order valence-electron chi connectivity index (χ3n) is 4.08. The maximum Gasteiger partial charge on any atom is 0.274 e. The number of carbonyl (C=O) groups is 1. The number of benzene rings is 2. The number of hydrogen-bond donors (Lipinski definition) is 2. The molecule has 0 spiro atoms. The SMILES string of the molecule is CC(C)(C)c1ccccc1CNC(=O)c1nc2ccccc2nc1N. The summed E-state index contributed by atoms with van der Waals surface area (Å²) in [5.41, 5.74) is 9.69. The predicted molar refractivity (Wildman–Crippen MR) is 100 cm³/mol.